The van der Waals surface area contributed by atoms with Gasteiger partial charge in [0, 0.05) is 57.0 Å². The van der Waals surface area contributed by atoms with E-state index >= 15 is 4.39 Å². The predicted octanol–water partition coefficient (Wildman–Crippen LogP) is 7.78. The maximum atomic E-state index is 15.2. The van der Waals surface area contributed by atoms with Crippen molar-refractivity contribution >= 4 is 69.9 Å². The van der Waals surface area contributed by atoms with Gasteiger partial charge in [-0.05, 0) is 113 Å². The van der Waals surface area contributed by atoms with Crippen LogP contribution in [0.2, 0.25) is 5.02 Å². The molecule has 8 rings (SSSR count). The van der Waals surface area contributed by atoms with Crippen LogP contribution in [0.4, 0.5) is 21.8 Å². The molecule has 2 aliphatic heterocycles. The lowest BCUT2D eigenvalue weighted by molar-refractivity contribution is -0.143. The number of alkyl halides is 1. The number of aliphatic hydroxyl groups is 1. The molecule has 2 aromatic carbocycles. The molecule has 4 fully saturated rings. The number of anilines is 3. The van der Waals surface area contributed by atoms with Crippen molar-refractivity contribution in [3.63, 3.8) is 0 Å². The summed E-state index contributed by atoms with van der Waals surface area (Å²) in [5.41, 5.74) is 3.43. The number of carbonyl (C=O) groups is 3. The van der Waals surface area contributed by atoms with Crippen molar-refractivity contribution in [2.24, 2.45) is 11.8 Å². The van der Waals surface area contributed by atoms with Gasteiger partial charge in [0.1, 0.15) is 40.5 Å². The zero-order valence-corrected chi connectivity index (χ0v) is 42.5. The molecule has 0 unspecified atom stereocenters. The normalized spacial score (nSPS) is 22.1. The molecule has 0 radical (unpaired) electrons. The summed E-state index contributed by atoms with van der Waals surface area (Å²) in [5, 5.41) is 23.1. The predicted molar refractivity (Wildman–Crippen MR) is 270 cm³/mol. The second kappa shape index (κ2) is 22.1. The first-order valence-electron chi connectivity index (χ1n) is 24.0. The number of amides is 3. The van der Waals surface area contributed by atoms with Crippen LogP contribution < -0.4 is 30.7 Å². The molecule has 3 amide bonds. The summed E-state index contributed by atoms with van der Waals surface area (Å²) in [6.07, 6.45) is 7.25. The van der Waals surface area contributed by atoms with E-state index in [9.17, 15) is 19.5 Å². The van der Waals surface area contributed by atoms with Crippen LogP contribution in [0.1, 0.15) is 82.9 Å². The van der Waals surface area contributed by atoms with Crippen molar-refractivity contribution in [2.75, 3.05) is 56.7 Å². The molecule has 3 atom stereocenters. The van der Waals surface area contributed by atoms with Crippen LogP contribution in [0.3, 0.4) is 0 Å². The van der Waals surface area contributed by atoms with Crippen LogP contribution in [-0.2, 0) is 20.9 Å². The number of nitrogens with one attached hydrogen (secondary N) is 4. The number of aromatic nitrogens is 3. The van der Waals surface area contributed by atoms with Gasteiger partial charge in [-0.2, -0.15) is 16.7 Å². The van der Waals surface area contributed by atoms with Gasteiger partial charge in [-0.25, -0.2) is 14.4 Å². The van der Waals surface area contributed by atoms with Crippen molar-refractivity contribution in [2.45, 2.75) is 120 Å². The molecule has 5 N–H and O–H groups in total. The van der Waals surface area contributed by atoms with Gasteiger partial charge in [0.05, 0.1) is 41.2 Å². The minimum Gasteiger partial charge on any atom is -0.494 e. The number of aryl methyl sites for hydroxylation is 1. The number of likely N-dealkylation sites (tertiary alicyclic amines) is 2. The number of hydrogen-bond acceptors (Lipinski definition) is 14. The number of carbonyl (C=O) groups excluding carboxylic acids is 3. The molecule has 2 aliphatic carbocycles. The second-order valence-corrected chi connectivity index (χ2v) is 22.4. The fraction of sp³-hybridized carbons (Fsp3) is 0.560. The molecule has 2 aromatic heterocycles. The van der Waals surface area contributed by atoms with E-state index in [1.54, 1.807) is 37.3 Å². The molecule has 69 heavy (non-hydrogen) atoms. The Balaban J connectivity index is 0.799. The lowest BCUT2D eigenvalue weighted by Crippen LogP contribution is -2.61. The number of rotatable bonds is 19. The number of hydrogen-bond donors (Lipinski definition) is 5. The lowest BCUT2D eigenvalue weighted by atomic mass is 9.82. The van der Waals surface area contributed by atoms with Crippen LogP contribution in [0.15, 0.2) is 54.2 Å². The number of aliphatic hydroxyl groups excluding tert-OH is 1. The standard InChI is InChI=1S/C50H65ClFN9O6S2/c1-30-42(68-29-56-30)34-12-10-31(11-13-34)24-54-45(63)40-22-35(62)27-61(40)46(64)43(58-47(65)50(52)18-19-50)49(2,3)69-28-33-8-6-32(7-9-33)26-60-20-16-36(17-21-60)67-37-14-15-39(41(23-37)66-5)57-48-55-25-38(51)44(53-4)59-48/h10-15,23,25,29,32-33,35-36,40,43,62H,6-9,16-22,24,26-28H2,1-5H3,(H,54,63)(H,58,65)(H2,53,55,57,59)/t32?,33?,35-,40+,43+/m1/s1. The Hall–Kier alpha value is -4.75. The minimum atomic E-state index is -1.98. The van der Waals surface area contributed by atoms with E-state index in [4.69, 9.17) is 21.1 Å². The molecule has 4 heterocycles. The van der Waals surface area contributed by atoms with E-state index in [-0.39, 0.29) is 44.4 Å². The van der Waals surface area contributed by atoms with Crippen LogP contribution in [-0.4, -0.2) is 128 Å². The molecule has 15 nitrogen and oxygen atoms in total. The van der Waals surface area contributed by atoms with E-state index in [0.29, 0.717) is 40.1 Å². The SMILES string of the molecule is CNc1nc(Nc2ccc(OC3CCN(CC4CCC(CSC(C)(C)[C@@H](NC(=O)C5(F)CC5)C(=O)N5C[C@H](O)C[C@H]5C(=O)NCc5ccc(-c6scnc6C)cc5)CC4)CC3)cc2OC)ncc1Cl. The second-order valence-electron chi connectivity index (χ2n) is 19.5. The van der Waals surface area contributed by atoms with E-state index in [1.807, 2.05) is 68.7 Å². The summed E-state index contributed by atoms with van der Waals surface area (Å²) < 4.78 is 26.4. The number of piperidine rings is 1. The maximum Gasteiger partial charge on any atom is 0.258 e. The summed E-state index contributed by atoms with van der Waals surface area (Å²) in [5.74, 6) is 2.43. The number of methoxy groups -OCH3 is 1. The molecule has 0 bridgehead atoms. The number of ether oxygens (including phenoxy) is 2. The van der Waals surface area contributed by atoms with E-state index in [2.05, 4.69) is 41.1 Å². The van der Waals surface area contributed by atoms with Gasteiger partial charge < -0.3 is 45.6 Å². The molecule has 0 spiro atoms. The quantitative estimate of drug-likeness (QED) is 0.0615. The van der Waals surface area contributed by atoms with Gasteiger partial charge in [-0.3, -0.25) is 14.4 Å². The van der Waals surface area contributed by atoms with Gasteiger partial charge in [-0.1, -0.05) is 35.9 Å². The number of thiazole rings is 1. The first kappa shape index (κ1) is 50.6. The van der Waals surface area contributed by atoms with Gasteiger partial charge in [-0.15, -0.1) is 11.3 Å². The largest absolute Gasteiger partial charge is 0.494 e. The highest BCUT2D eigenvalue weighted by Gasteiger charge is 2.54. The fourth-order valence-corrected chi connectivity index (χ4v) is 11.9. The summed E-state index contributed by atoms with van der Waals surface area (Å²) in [7, 11) is 3.36. The average Bonchev–Trinajstić information content (AvgIpc) is 3.76. The topological polar surface area (TPSA) is 183 Å². The minimum absolute atomic E-state index is 0.0509. The van der Waals surface area contributed by atoms with Crippen molar-refractivity contribution < 1.29 is 33.4 Å². The Labute approximate surface area is 417 Å². The molecule has 4 aromatic rings. The van der Waals surface area contributed by atoms with Crippen LogP contribution in [0, 0.1) is 18.8 Å². The van der Waals surface area contributed by atoms with Crippen molar-refractivity contribution in [1.82, 2.24) is 35.4 Å². The van der Waals surface area contributed by atoms with Gasteiger partial charge in [0.2, 0.25) is 17.8 Å². The number of β-amino-alcohol motifs (C(OH)–C–C–N with tert-alkyl or cyclic N) is 1. The third-order valence-corrected chi connectivity index (χ3v) is 16.9. The fourth-order valence-electron chi connectivity index (χ4n) is 9.60. The van der Waals surface area contributed by atoms with Crippen molar-refractivity contribution in [3.05, 3.63) is 70.5 Å². The average molecular weight is 1010 g/mol. The molecule has 4 aliphatic rings. The van der Waals surface area contributed by atoms with Crippen LogP contribution in [0.5, 0.6) is 11.5 Å². The van der Waals surface area contributed by atoms with Crippen LogP contribution in [0.25, 0.3) is 10.4 Å². The Morgan fingerprint density at radius 3 is 2.43 bits per heavy atom. The first-order valence-corrected chi connectivity index (χ1v) is 26.3. The molecule has 19 heteroatoms. The summed E-state index contributed by atoms with van der Waals surface area (Å²) in [6.45, 7) is 8.97. The highest BCUT2D eigenvalue weighted by atomic mass is 35.5. The zero-order chi connectivity index (χ0) is 48.9. The summed E-state index contributed by atoms with van der Waals surface area (Å²) >= 11 is 9.34. The Kier molecular flexibility index (Phi) is 16.2. The summed E-state index contributed by atoms with van der Waals surface area (Å²) in [6, 6.07) is 11.6. The smallest absolute Gasteiger partial charge is 0.258 e. The number of benzene rings is 2. The van der Waals surface area contributed by atoms with Gasteiger partial charge >= 0.3 is 0 Å². The number of thioether (sulfide) groups is 1. The highest BCUT2D eigenvalue weighted by Crippen LogP contribution is 2.42. The van der Waals surface area contributed by atoms with E-state index < -0.39 is 40.4 Å². The Morgan fingerprint density at radius 1 is 1.04 bits per heavy atom. The van der Waals surface area contributed by atoms with Crippen LogP contribution >= 0.6 is 34.7 Å². The zero-order valence-electron chi connectivity index (χ0n) is 40.1. The summed E-state index contributed by atoms with van der Waals surface area (Å²) in [4.78, 5) is 59.5. The molecule has 2 saturated heterocycles. The lowest BCUT2D eigenvalue weighted by Gasteiger charge is -2.39. The Morgan fingerprint density at radius 2 is 1.77 bits per heavy atom. The van der Waals surface area contributed by atoms with E-state index in [0.717, 1.165) is 91.4 Å². The molecular weight excluding hydrogens is 941 g/mol. The number of halogens is 2. The number of nitrogens with zero attached hydrogens (tertiary/aromatic N) is 5. The molecule has 372 valence electrons. The maximum absolute atomic E-state index is 15.2. The molecular formula is C50H65ClFN9O6S2. The third-order valence-electron chi connectivity index (χ3n) is 14.0. The first-order chi connectivity index (χ1) is 33.1. The van der Waals surface area contributed by atoms with Gasteiger partial charge in [0.25, 0.3) is 5.91 Å². The van der Waals surface area contributed by atoms with Crippen molar-refractivity contribution in [1.29, 1.82) is 0 Å². The Bertz CT molecular complexity index is 2430. The third kappa shape index (κ3) is 12.6. The highest BCUT2D eigenvalue weighted by molar-refractivity contribution is 8.00. The molecule has 2 saturated carbocycles. The monoisotopic (exact) mass is 1010 g/mol. The van der Waals surface area contributed by atoms with Crippen molar-refractivity contribution in [3.8, 4) is 21.9 Å². The van der Waals surface area contributed by atoms with E-state index in [1.165, 1.54) is 11.1 Å². The van der Waals surface area contributed by atoms with Gasteiger partial charge in [0.15, 0.2) is 5.67 Å².